The summed E-state index contributed by atoms with van der Waals surface area (Å²) in [6.07, 6.45) is 0. The Morgan fingerprint density at radius 3 is 2.06 bits per heavy atom. The summed E-state index contributed by atoms with van der Waals surface area (Å²) in [5, 5.41) is 0. The van der Waals surface area contributed by atoms with Crippen molar-refractivity contribution in [3.63, 3.8) is 0 Å². The van der Waals surface area contributed by atoms with Gasteiger partial charge in [0.1, 0.15) is 0 Å². The van der Waals surface area contributed by atoms with Gasteiger partial charge in [-0.05, 0) is 68.2 Å². The quantitative estimate of drug-likeness (QED) is 0.835. The maximum atomic E-state index is 4.39. The highest BCUT2D eigenvalue weighted by Gasteiger charge is 2.01. The van der Waals surface area contributed by atoms with Gasteiger partial charge in [0, 0.05) is 16.3 Å². The van der Waals surface area contributed by atoms with Crippen LogP contribution in [0.4, 0.5) is 0 Å². The number of rotatable bonds is 3. The van der Waals surface area contributed by atoms with E-state index in [0.29, 0.717) is 0 Å². The Morgan fingerprint density at radius 1 is 0.941 bits per heavy atom. The van der Waals surface area contributed by atoms with Crippen molar-refractivity contribution in [3.8, 4) is 11.1 Å². The van der Waals surface area contributed by atoms with Crippen LogP contribution in [0.3, 0.4) is 0 Å². The summed E-state index contributed by atoms with van der Waals surface area (Å²) in [5.41, 5.74) is 4.59. The van der Waals surface area contributed by atoms with E-state index in [2.05, 4.69) is 46.1 Å². The summed E-state index contributed by atoms with van der Waals surface area (Å²) in [4.78, 5) is 5.61. The second-order valence-corrected chi connectivity index (χ2v) is 5.05. The minimum Gasteiger partial charge on any atom is -0.263 e. The molecule has 1 N–H and O–H groups in total. The summed E-state index contributed by atoms with van der Waals surface area (Å²) < 4.78 is 3.07. The van der Waals surface area contributed by atoms with Crippen molar-refractivity contribution in [1.82, 2.24) is 9.71 Å². The zero-order valence-electron chi connectivity index (χ0n) is 10.3. The topological polar surface area (TPSA) is 24.9 Å². The van der Waals surface area contributed by atoms with Crippen molar-refractivity contribution in [3.05, 3.63) is 47.8 Å². The molecule has 17 heavy (non-hydrogen) atoms. The fraction of sp³-hybridized carbons (Fsp3) is 0.214. The average Bonchev–Trinajstić information content (AvgIpc) is 2.29. The highest BCUT2D eigenvalue weighted by molar-refractivity contribution is 7.97. The van der Waals surface area contributed by atoms with Gasteiger partial charge in [-0.2, -0.15) is 0 Å². The first-order chi connectivity index (χ1) is 8.19. The molecule has 0 fully saturated rings. The van der Waals surface area contributed by atoms with E-state index in [4.69, 9.17) is 0 Å². The van der Waals surface area contributed by atoms with Gasteiger partial charge < -0.3 is 0 Å². The molecule has 0 aliphatic carbocycles. The van der Waals surface area contributed by atoms with Crippen LogP contribution in [0.1, 0.15) is 11.4 Å². The third kappa shape index (κ3) is 3.08. The van der Waals surface area contributed by atoms with Crippen molar-refractivity contribution in [2.45, 2.75) is 18.7 Å². The van der Waals surface area contributed by atoms with Gasteiger partial charge in [0.15, 0.2) is 0 Å². The number of hydrogen-bond donors (Lipinski definition) is 1. The SMILES string of the molecule is CNSc1ccc(-c2cc(C)nc(C)c2)cc1. The number of benzene rings is 1. The lowest BCUT2D eigenvalue weighted by atomic mass is 10.1. The predicted molar refractivity (Wildman–Crippen MR) is 74.1 cm³/mol. The van der Waals surface area contributed by atoms with Crippen molar-refractivity contribution in [2.75, 3.05) is 7.05 Å². The molecule has 3 heteroatoms. The molecule has 2 rings (SSSR count). The van der Waals surface area contributed by atoms with Crippen LogP contribution < -0.4 is 4.72 Å². The van der Waals surface area contributed by atoms with Gasteiger partial charge in [0.05, 0.1) is 0 Å². The molecular formula is C14H16N2S. The number of aromatic nitrogens is 1. The molecule has 0 aliphatic heterocycles. The molecule has 2 nitrogen and oxygen atoms in total. The first-order valence-electron chi connectivity index (χ1n) is 5.58. The summed E-state index contributed by atoms with van der Waals surface area (Å²) in [5.74, 6) is 0. The van der Waals surface area contributed by atoms with Gasteiger partial charge in [-0.1, -0.05) is 12.1 Å². The van der Waals surface area contributed by atoms with Gasteiger partial charge in [-0.25, -0.2) is 0 Å². The van der Waals surface area contributed by atoms with Gasteiger partial charge in [0.2, 0.25) is 0 Å². The standard InChI is InChI=1S/C14H16N2S/c1-10-8-13(9-11(2)16-10)12-4-6-14(7-5-12)17-15-3/h4-9,15H,1-3H3. The predicted octanol–water partition coefficient (Wildman–Crippen LogP) is 3.59. The zero-order chi connectivity index (χ0) is 12.3. The number of hydrogen-bond acceptors (Lipinski definition) is 3. The largest absolute Gasteiger partial charge is 0.263 e. The van der Waals surface area contributed by atoms with E-state index in [9.17, 15) is 0 Å². The second-order valence-electron chi connectivity index (χ2n) is 3.97. The maximum absolute atomic E-state index is 4.39. The van der Waals surface area contributed by atoms with Gasteiger partial charge in [0.25, 0.3) is 0 Å². The van der Waals surface area contributed by atoms with Crippen molar-refractivity contribution < 1.29 is 0 Å². The molecule has 0 saturated heterocycles. The molecule has 0 amide bonds. The summed E-state index contributed by atoms with van der Waals surface area (Å²) >= 11 is 1.62. The summed E-state index contributed by atoms with van der Waals surface area (Å²) in [7, 11) is 1.92. The first kappa shape index (κ1) is 12.1. The molecule has 0 radical (unpaired) electrons. The van der Waals surface area contributed by atoms with Gasteiger partial charge >= 0.3 is 0 Å². The monoisotopic (exact) mass is 244 g/mol. The fourth-order valence-corrected chi connectivity index (χ4v) is 2.34. The maximum Gasteiger partial charge on any atom is 0.0382 e. The van der Waals surface area contributed by atoms with E-state index in [-0.39, 0.29) is 0 Å². The summed E-state index contributed by atoms with van der Waals surface area (Å²) in [6.45, 7) is 4.06. The van der Waals surface area contributed by atoms with E-state index >= 15 is 0 Å². The van der Waals surface area contributed by atoms with Crippen LogP contribution in [0.25, 0.3) is 11.1 Å². The van der Waals surface area contributed by atoms with Crippen molar-refractivity contribution in [2.24, 2.45) is 0 Å². The Kier molecular flexibility index (Phi) is 3.82. The Bertz CT molecular complexity index is 486. The van der Waals surface area contributed by atoms with Gasteiger partial charge in [-0.15, -0.1) is 0 Å². The third-order valence-electron chi connectivity index (χ3n) is 2.49. The molecule has 0 aliphatic rings. The molecule has 0 bridgehead atoms. The first-order valence-corrected chi connectivity index (χ1v) is 6.40. The van der Waals surface area contributed by atoms with Crippen LogP contribution in [-0.4, -0.2) is 12.0 Å². The van der Waals surface area contributed by atoms with E-state index in [1.807, 2.05) is 20.9 Å². The van der Waals surface area contributed by atoms with Crippen molar-refractivity contribution in [1.29, 1.82) is 0 Å². The van der Waals surface area contributed by atoms with E-state index < -0.39 is 0 Å². The molecular weight excluding hydrogens is 228 g/mol. The lowest BCUT2D eigenvalue weighted by Crippen LogP contribution is -1.91. The number of nitrogens with one attached hydrogen (secondary N) is 1. The normalized spacial score (nSPS) is 10.5. The lowest BCUT2D eigenvalue weighted by molar-refractivity contribution is 1.12. The molecule has 1 heterocycles. The summed E-state index contributed by atoms with van der Waals surface area (Å²) in [6, 6.07) is 12.8. The fourth-order valence-electron chi connectivity index (χ4n) is 1.83. The van der Waals surface area contributed by atoms with Crippen LogP contribution in [0.5, 0.6) is 0 Å². The van der Waals surface area contributed by atoms with Crippen LogP contribution >= 0.6 is 11.9 Å². The smallest absolute Gasteiger partial charge is 0.0382 e. The second kappa shape index (κ2) is 5.34. The Hall–Kier alpha value is -1.32. The third-order valence-corrected chi connectivity index (χ3v) is 3.20. The number of nitrogens with zero attached hydrogens (tertiary/aromatic N) is 1. The Balaban J connectivity index is 2.32. The molecule has 88 valence electrons. The van der Waals surface area contributed by atoms with Crippen molar-refractivity contribution >= 4 is 11.9 Å². The molecule has 1 aromatic carbocycles. The van der Waals surface area contributed by atoms with E-state index in [0.717, 1.165) is 11.4 Å². The molecule has 0 unspecified atom stereocenters. The molecule has 1 aromatic heterocycles. The number of aryl methyl sites for hydroxylation is 2. The zero-order valence-corrected chi connectivity index (χ0v) is 11.1. The highest BCUT2D eigenvalue weighted by Crippen LogP contribution is 2.23. The van der Waals surface area contributed by atoms with Crippen LogP contribution in [0, 0.1) is 13.8 Å². The molecule has 0 saturated carbocycles. The molecule has 0 atom stereocenters. The minimum atomic E-state index is 1.06. The molecule has 2 aromatic rings. The van der Waals surface area contributed by atoms with Gasteiger partial charge in [-0.3, -0.25) is 9.71 Å². The van der Waals surface area contributed by atoms with Crippen LogP contribution in [0.15, 0.2) is 41.3 Å². The van der Waals surface area contributed by atoms with E-state index in [1.165, 1.54) is 16.0 Å². The minimum absolute atomic E-state index is 1.06. The Labute approximate surface area is 107 Å². The Morgan fingerprint density at radius 2 is 1.53 bits per heavy atom. The van der Waals surface area contributed by atoms with Crippen LogP contribution in [-0.2, 0) is 0 Å². The molecule has 0 spiro atoms. The van der Waals surface area contributed by atoms with Crippen LogP contribution in [0.2, 0.25) is 0 Å². The van der Waals surface area contributed by atoms with E-state index in [1.54, 1.807) is 11.9 Å². The highest BCUT2D eigenvalue weighted by atomic mass is 32.2. The lowest BCUT2D eigenvalue weighted by Gasteiger charge is -2.06. The average molecular weight is 244 g/mol. The number of pyridine rings is 1.